The van der Waals surface area contributed by atoms with Crippen LogP contribution in [0.25, 0.3) is 0 Å². The number of aryl methyl sites for hydroxylation is 1. The molecule has 0 bridgehead atoms. The van der Waals surface area contributed by atoms with Crippen LogP contribution < -0.4 is 9.47 Å². The Kier molecular flexibility index (Phi) is 3.91. The smallest absolute Gasteiger partial charge is 0.127 e. The fourth-order valence-corrected chi connectivity index (χ4v) is 3.06. The number of halogens is 1. The van der Waals surface area contributed by atoms with Gasteiger partial charge in [0.1, 0.15) is 17.6 Å². The lowest BCUT2D eigenvalue weighted by atomic mass is 9.94. The van der Waals surface area contributed by atoms with Crippen LogP contribution in [0.15, 0.2) is 40.9 Å². The van der Waals surface area contributed by atoms with Gasteiger partial charge in [0.2, 0.25) is 0 Å². The molecule has 2 unspecified atom stereocenters. The molecule has 3 nitrogen and oxygen atoms in total. The van der Waals surface area contributed by atoms with E-state index in [4.69, 9.17) is 9.47 Å². The van der Waals surface area contributed by atoms with E-state index in [1.54, 1.807) is 7.11 Å². The molecule has 0 spiro atoms. The first-order valence-electron chi connectivity index (χ1n) is 6.87. The van der Waals surface area contributed by atoms with Crippen LogP contribution in [0.5, 0.6) is 11.5 Å². The molecule has 0 amide bonds. The summed E-state index contributed by atoms with van der Waals surface area (Å²) in [5.41, 5.74) is 2.96. The van der Waals surface area contributed by atoms with Crippen LogP contribution in [0.4, 0.5) is 0 Å². The van der Waals surface area contributed by atoms with E-state index < -0.39 is 6.10 Å². The summed E-state index contributed by atoms with van der Waals surface area (Å²) in [6.07, 6.45) is -0.0962. The summed E-state index contributed by atoms with van der Waals surface area (Å²) in [4.78, 5) is 0. The quantitative estimate of drug-likeness (QED) is 0.877. The Morgan fingerprint density at radius 3 is 2.76 bits per heavy atom. The summed E-state index contributed by atoms with van der Waals surface area (Å²) in [5.74, 6) is 1.60. The third-order valence-electron chi connectivity index (χ3n) is 3.83. The van der Waals surface area contributed by atoms with E-state index in [1.807, 2.05) is 37.3 Å². The fourth-order valence-electron chi connectivity index (χ4n) is 2.72. The minimum absolute atomic E-state index is 0.147. The number of aliphatic hydroxyl groups is 1. The molecule has 110 valence electrons. The first kappa shape index (κ1) is 14.4. The maximum atomic E-state index is 10.3. The average Bonchev–Trinajstić information content (AvgIpc) is 2.46. The summed E-state index contributed by atoms with van der Waals surface area (Å²) >= 11 is 3.44. The number of rotatable bonds is 2. The lowest BCUT2D eigenvalue weighted by Gasteiger charge is -2.30. The van der Waals surface area contributed by atoms with E-state index in [1.165, 1.54) is 0 Å². The number of ether oxygens (including phenoxy) is 2. The van der Waals surface area contributed by atoms with Crippen molar-refractivity contribution >= 4 is 15.9 Å². The molecular formula is C17H17BrO3. The number of hydrogen-bond donors (Lipinski definition) is 1. The molecule has 0 saturated carbocycles. The van der Waals surface area contributed by atoms with Gasteiger partial charge in [-0.25, -0.2) is 0 Å². The van der Waals surface area contributed by atoms with Crippen molar-refractivity contribution in [2.45, 2.75) is 25.6 Å². The molecule has 1 aliphatic heterocycles. The normalized spacial score (nSPS) is 20.6. The summed E-state index contributed by atoms with van der Waals surface area (Å²) in [7, 11) is 1.66. The van der Waals surface area contributed by atoms with Gasteiger partial charge in [-0.15, -0.1) is 0 Å². The minimum atomic E-state index is -0.505. The Hall–Kier alpha value is -1.52. The molecule has 1 heterocycles. The summed E-state index contributed by atoms with van der Waals surface area (Å²) in [6, 6.07) is 11.7. The topological polar surface area (TPSA) is 38.7 Å². The molecule has 2 aromatic carbocycles. The second-order valence-electron chi connectivity index (χ2n) is 5.27. The molecule has 0 saturated heterocycles. The van der Waals surface area contributed by atoms with Crippen molar-refractivity contribution in [2.75, 3.05) is 7.11 Å². The Bertz CT molecular complexity index is 669. The van der Waals surface area contributed by atoms with Crippen molar-refractivity contribution in [2.24, 2.45) is 0 Å². The number of fused-ring (bicyclic) bond motifs is 1. The van der Waals surface area contributed by atoms with Gasteiger partial charge in [-0.1, -0.05) is 28.1 Å². The van der Waals surface area contributed by atoms with Gasteiger partial charge >= 0.3 is 0 Å². The summed E-state index contributed by atoms with van der Waals surface area (Å²) in [6.45, 7) is 2.01. The van der Waals surface area contributed by atoms with E-state index >= 15 is 0 Å². The zero-order chi connectivity index (χ0) is 15.0. The standard InChI is InChI=1S/C17H17BrO3/c1-10-7-11(3-6-15(10)20-2)16-9-14(19)13-5-4-12(18)8-17(13)21-16/h3-8,14,16,19H,9H2,1-2H3. The molecule has 4 heteroatoms. The van der Waals surface area contributed by atoms with Crippen LogP contribution in [0.3, 0.4) is 0 Å². The first-order chi connectivity index (χ1) is 10.1. The number of methoxy groups -OCH3 is 1. The molecule has 21 heavy (non-hydrogen) atoms. The molecule has 2 aromatic rings. The van der Waals surface area contributed by atoms with Crippen LogP contribution in [0.2, 0.25) is 0 Å². The lowest BCUT2D eigenvalue weighted by molar-refractivity contribution is 0.0656. The average molecular weight is 349 g/mol. The monoisotopic (exact) mass is 348 g/mol. The summed E-state index contributed by atoms with van der Waals surface area (Å²) < 4.78 is 12.3. The van der Waals surface area contributed by atoms with E-state index in [0.29, 0.717) is 6.42 Å². The largest absolute Gasteiger partial charge is 0.496 e. The number of benzene rings is 2. The van der Waals surface area contributed by atoms with Crippen molar-refractivity contribution in [3.05, 3.63) is 57.6 Å². The van der Waals surface area contributed by atoms with Crippen LogP contribution in [-0.2, 0) is 0 Å². The summed E-state index contributed by atoms with van der Waals surface area (Å²) in [5, 5.41) is 10.3. The molecule has 0 aromatic heterocycles. The predicted molar refractivity (Wildman–Crippen MR) is 84.8 cm³/mol. The third kappa shape index (κ3) is 2.78. The third-order valence-corrected chi connectivity index (χ3v) is 4.33. The SMILES string of the molecule is COc1ccc(C2CC(O)c3ccc(Br)cc3O2)cc1C. The van der Waals surface area contributed by atoms with E-state index in [9.17, 15) is 5.11 Å². The molecule has 0 aliphatic carbocycles. The van der Waals surface area contributed by atoms with Gasteiger partial charge < -0.3 is 14.6 Å². The van der Waals surface area contributed by atoms with Crippen molar-refractivity contribution in [1.82, 2.24) is 0 Å². The van der Waals surface area contributed by atoms with E-state index in [0.717, 1.165) is 32.7 Å². The zero-order valence-corrected chi connectivity index (χ0v) is 13.6. The van der Waals surface area contributed by atoms with Gasteiger partial charge in [0.15, 0.2) is 0 Å². The van der Waals surface area contributed by atoms with Crippen molar-refractivity contribution in [3.63, 3.8) is 0 Å². The molecule has 0 fully saturated rings. The van der Waals surface area contributed by atoms with Crippen LogP contribution in [0, 0.1) is 6.92 Å². The predicted octanol–water partition coefficient (Wildman–Crippen LogP) is 4.32. The van der Waals surface area contributed by atoms with Gasteiger partial charge in [0, 0.05) is 16.5 Å². The fraction of sp³-hybridized carbons (Fsp3) is 0.294. The Morgan fingerprint density at radius 1 is 1.24 bits per heavy atom. The maximum absolute atomic E-state index is 10.3. The second-order valence-corrected chi connectivity index (χ2v) is 6.18. The highest BCUT2D eigenvalue weighted by atomic mass is 79.9. The maximum Gasteiger partial charge on any atom is 0.127 e. The molecular weight excluding hydrogens is 332 g/mol. The molecule has 0 radical (unpaired) electrons. The minimum Gasteiger partial charge on any atom is -0.496 e. The van der Waals surface area contributed by atoms with Crippen molar-refractivity contribution in [1.29, 1.82) is 0 Å². The Labute approximate surface area is 132 Å². The van der Waals surface area contributed by atoms with Gasteiger partial charge in [0.05, 0.1) is 13.2 Å². The first-order valence-corrected chi connectivity index (χ1v) is 7.66. The number of aliphatic hydroxyl groups excluding tert-OH is 1. The van der Waals surface area contributed by atoms with Crippen LogP contribution >= 0.6 is 15.9 Å². The van der Waals surface area contributed by atoms with Gasteiger partial charge in [-0.3, -0.25) is 0 Å². The van der Waals surface area contributed by atoms with Gasteiger partial charge in [-0.05, 0) is 42.3 Å². The number of hydrogen-bond acceptors (Lipinski definition) is 3. The van der Waals surface area contributed by atoms with Crippen molar-refractivity contribution < 1.29 is 14.6 Å². The van der Waals surface area contributed by atoms with E-state index in [2.05, 4.69) is 22.0 Å². The lowest BCUT2D eigenvalue weighted by Crippen LogP contribution is -2.19. The van der Waals surface area contributed by atoms with E-state index in [-0.39, 0.29) is 6.10 Å². The highest BCUT2D eigenvalue weighted by molar-refractivity contribution is 9.10. The highest BCUT2D eigenvalue weighted by Crippen LogP contribution is 2.42. The van der Waals surface area contributed by atoms with Gasteiger partial charge in [0.25, 0.3) is 0 Å². The Morgan fingerprint density at radius 2 is 2.05 bits per heavy atom. The van der Waals surface area contributed by atoms with Gasteiger partial charge in [-0.2, -0.15) is 0 Å². The molecule has 2 atom stereocenters. The van der Waals surface area contributed by atoms with Crippen LogP contribution in [0.1, 0.15) is 35.3 Å². The molecule has 1 N–H and O–H groups in total. The van der Waals surface area contributed by atoms with Crippen molar-refractivity contribution in [3.8, 4) is 11.5 Å². The Balaban J connectivity index is 1.93. The molecule has 1 aliphatic rings. The molecule has 3 rings (SSSR count). The van der Waals surface area contributed by atoms with Crippen LogP contribution in [-0.4, -0.2) is 12.2 Å². The highest BCUT2D eigenvalue weighted by Gasteiger charge is 2.28. The zero-order valence-electron chi connectivity index (χ0n) is 12.0. The second kappa shape index (κ2) is 5.70.